The monoisotopic (exact) mass is 308 g/mol. The molecule has 0 aromatic heterocycles. The number of hydrogen-bond donors (Lipinski definition) is 1. The Hall–Kier alpha value is -1.98. The van der Waals surface area contributed by atoms with Crippen LogP contribution in [0.25, 0.3) is 0 Å². The number of benzene rings is 2. The number of halogens is 2. The van der Waals surface area contributed by atoms with Crippen molar-refractivity contribution in [2.75, 3.05) is 0 Å². The Morgan fingerprint density at radius 1 is 1.24 bits per heavy atom. The molecular weight excluding hydrogens is 295 g/mol. The predicted octanol–water partition coefficient (Wildman–Crippen LogP) is 3.50. The molecule has 1 atom stereocenters. The third-order valence-corrected chi connectivity index (χ3v) is 3.47. The number of nitrogens with zero attached hydrogens (tertiary/aromatic N) is 1. The average Bonchev–Trinajstić information content (AvgIpc) is 2.40. The molecule has 0 aliphatic carbocycles. The maximum atomic E-state index is 13.1. The molecule has 1 unspecified atom stereocenters. The van der Waals surface area contributed by atoms with E-state index in [4.69, 9.17) is 17.3 Å². The van der Waals surface area contributed by atoms with E-state index < -0.39 is 4.92 Å². The lowest BCUT2D eigenvalue weighted by molar-refractivity contribution is -0.384. The molecule has 2 N–H and O–H groups in total. The topological polar surface area (TPSA) is 69.2 Å². The molecule has 2 aromatic rings. The molecule has 0 saturated heterocycles. The molecular formula is C15H14ClFN2O2. The highest BCUT2D eigenvalue weighted by Gasteiger charge is 2.12. The summed E-state index contributed by atoms with van der Waals surface area (Å²) in [6.45, 7) is 0. The van der Waals surface area contributed by atoms with Crippen LogP contribution in [0.4, 0.5) is 10.1 Å². The van der Waals surface area contributed by atoms with Gasteiger partial charge in [-0.2, -0.15) is 0 Å². The van der Waals surface area contributed by atoms with Crippen molar-refractivity contribution in [1.82, 2.24) is 0 Å². The lowest BCUT2D eigenvalue weighted by Crippen LogP contribution is -2.25. The van der Waals surface area contributed by atoms with E-state index in [9.17, 15) is 14.5 Å². The average molecular weight is 309 g/mol. The van der Waals surface area contributed by atoms with Crippen LogP contribution in [-0.4, -0.2) is 11.0 Å². The van der Waals surface area contributed by atoms with E-state index >= 15 is 0 Å². The van der Waals surface area contributed by atoms with Gasteiger partial charge < -0.3 is 5.73 Å². The van der Waals surface area contributed by atoms with Crippen molar-refractivity contribution in [3.8, 4) is 0 Å². The van der Waals surface area contributed by atoms with Crippen LogP contribution >= 0.6 is 11.6 Å². The van der Waals surface area contributed by atoms with Crippen LogP contribution in [-0.2, 0) is 12.8 Å². The molecule has 0 spiro atoms. The first-order chi connectivity index (χ1) is 9.95. The summed E-state index contributed by atoms with van der Waals surface area (Å²) in [4.78, 5) is 10.1. The number of hydrogen-bond acceptors (Lipinski definition) is 3. The molecule has 0 amide bonds. The summed E-state index contributed by atoms with van der Waals surface area (Å²) in [6, 6.07) is 10.3. The fourth-order valence-electron chi connectivity index (χ4n) is 2.14. The molecule has 0 bridgehead atoms. The first kappa shape index (κ1) is 15.4. The molecule has 2 aromatic carbocycles. The zero-order valence-electron chi connectivity index (χ0n) is 11.1. The van der Waals surface area contributed by atoms with Crippen molar-refractivity contribution in [2.45, 2.75) is 18.9 Å². The lowest BCUT2D eigenvalue weighted by Gasteiger charge is -2.13. The van der Waals surface area contributed by atoms with Gasteiger partial charge in [0.15, 0.2) is 0 Å². The van der Waals surface area contributed by atoms with Gasteiger partial charge >= 0.3 is 0 Å². The normalized spacial score (nSPS) is 12.1. The predicted molar refractivity (Wildman–Crippen MR) is 79.9 cm³/mol. The first-order valence-corrected chi connectivity index (χ1v) is 6.76. The molecule has 0 fully saturated rings. The molecule has 0 radical (unpaired) electrons. The van der Waals surface area contributed by atoms with Crippen molar-refractivity contribution >= 4 is 17.3 Å². The van der Waals surface area contributed by atoms with Gasteiger partial charge in [0.25, 0.3) is 5.69 Å². The quantitative estimate of drug-likeness (QED) is 0.679. The van der Waals surface area contributed by atoms with Gasteiger partial charge in [-0.05, 0) is 36.1 Å². The molecule has 0 saturated carbocycles. The van der Waals surface area contributed by atoms with E-state index in [1.54, 1.807) is 18.2 Å². The summed E-state index contributed by atoms with van der Waals surface area (Å²) in [6.07, 6.45) is 0.971. The molecule has 0 aliphatic rings. The van der Waals surface area contributed by atoms with Gasteiger partial charge in [0, 0.05) is 18.2 Å². The van der Waals surface area contributed by atoms with Crippen molar-refractivity contribution in [1.29, 1.82) is 0 Å². The maximum absolute atomic E-state index is 13.1. The van der Waals surface area contributed by atoms with Gasteiger partial charge in [-0.1, -0.05) is 29.8 Å². The largest absolute Gasteiger partial charge is 0.327 e. The molecule has 21 heavy (non-hydrogen) atoms. The summed E-state index contributed by atoms with van der Waals surface area (Å²) < 4.78 is 13.1. The van der Waals surface area contributed by atoms with E-state index in [0.717, 1.165) is 11.1 Å². The minimum absolute atomic E-state index is 0.0533. The molecule has 0 aliphatic heterocycles. The first-order valence-electron chi connectivity index (χ1n) is 6.38. The molecule has 0 heterocycles. The third-order valence-electron chi connectivity index (χ3n) is 3.12. The van der Waals surface area contributed by atoms with Crippen molar-refractivity contribution in [3.05, 3.63) is 74.5 Å². The summed E-state index contributed by atoms with van der Waals surface area (Å²) in [5, 5.41) is 11.0. The van der Waals surface area contributed by atoms with Gasteiger partial charge in [-0.3, -0.25) is 10.1 Å². The van der Waals surface area contributed by atoms with Crippen molar-refractivity contribution in [2.24, 2.45) is 5.73 Å². The van der Waals surface area contributed by atoms with E-state index in [0.29, 0.717) is 17.9 Å². The van der Waals surface area contributed by atoms with Crippen LogP contribution in [0.1, 0.15) is 11.1 Å². The number of nitro benzene ring substituents is 1. The van der Waals surface area contributed by atoms with Crippen LogP contribution in [0.3, 0.4) is 0 Å². The Labute approximate surface area is 126 Å². The standard InChI is InChI=1S/C15H14ClFN2O2/c16-15-9-14(19(20)21)5-4-11(15)8-13(18)7-10-2-1-3-12(17)6-10/h1-6,9,13H,7-8,18H2. The lowest BCUT2D eigenvalue weighted by atomic mass is 9.99. The fourth-order valence-corrected chi connectivity index (χ4v) is 2.39. The Balaban J connectivity index is 2.06. The Kier molecular flexibility index (Phi) is 4.88. The summed E-state index contributed by atoms with van der Waals surface area (Å²) in [7, 11) is 0. The van der Waals surface area contributed by atoms with Crippen molar-refractivity contribution in [3.63, 3.8) is 0 Å². The molecule has 2 rings (SSSR count). The second kappa shape index (κ2) is 6.65. The second-order valence-electron chi connectivity index (χ2n) is 4.83. The molecule has 4 nitrogen and oxygen atoms in total. The van der Waals surface area contributed by atoms with Crippen LogP contribution < -0.4 is 5.73 Å². The van der Waals surface area contributed by atoms with Gasteiger partial charge in [-0.15, -0.1) is 0 Å². The zero-order chi connectivity index (χ0) is 15.4. The molecule has 110 valence electrons. The van der Waals surface area contributed by atoms with Crippen molar-refractivity contribution < 1.29 is 9.31 Å². The summed E-state index contributed by atoms with van der Waals surface area (Å²) in [5.74, 6) is -0.298. The van der Waals surface area contributed by atoms with E-state index in [1.807, 2.05) is 0 Å². The van der Waals surface area contributed by atoms with E-state index in [-0.39, 0.29) is 17.5 Å². The summed E-state index contributed by atoms with van der Waals surface area (Å²) in [5.41, 5.74) is 7.53. The number of nitrogens with two attached hydrogens (primary N) is 1. The van der Waals surface area contributed by atoms with Gasteiger partial charge in [0.1, 0.15) is 5.82 Å². The van der Waals surface area contributed by atoms with Gasteiger partial charge in [0.05, 0.1) is 9.95 Å². The van der Waals surface area contributed by atoms with Gasteiger partial charge in [-0.25, -0.2) is 4.39 Å². The van der Waals surface area contributed by atoms with E-state index in [2.05, 4.69) is 0 Å². The highest BCUT2D eigenvalue weighted by atomic mass is 35.5. The van der Waals surface area contributed by atoms with Gasteiger partial charge in [0.2, 0.25) is 0 Å². The Bertz CT molecular complexity index is 664. The van der Waals surface area contributed by atoms with Crippen LogP contribution in [0.2, 0.25) is 5.02 Å². The third kappa shape index (κ3) is 4.24. The maximum Gasteiger partial charge on any atom is 0.270 e. The zero-order valence-corrected chi connectivity index (χ0v) is 11.9. The number of non-ortho nitro benzene ring substituents is 1. The van der Waals surface area contributed by atoms with Crippen LogP contribution in [0.15, 0.2) is 42.5 Å². The van der Waals surface area contributed by atoms with E-state index in [1.165, 1.54) is 24.3 Å². The Morgan fingerprint density at radius 3 is 2.62 bits per heavy atom. The van der Waals surface area contributed by atoms with Crippen LogP contribution in [0, 0.1) is 15.9 Å². The SMILES string of the molecule is NC(Cc1cccc(F)c1)Cc1ccc([N+](=O)[O-])cc1Cl. The summed E-state index contributed by atoms with van der Waals surface area (Å²) >= 11 is 6.03. The minimum Gasteiger partial charge on any atom is -0.327 e. The highest BCUT2D eigenvalue weighted by molar-refractivity contribution is 6.31. The smallest absolute Gasteiger partial charge is 0.270 e. The van der Waals surface area contributed by atoms with Crippen LogP contribution in [0.5, 0.6) is 0 Å². The number of nitro groups is 1. The second-order valence-corrected chi connectivity index (χ2v) is 5.24. The number of rotatable bonds is 5. The molecule has 6 heteroatoms. The minimum atomic E-state index is -0.498. The highest BCUT2D eigenvalue weighted by Crippen LogP contribution is 2.23. The Morgan fingerprint density at radius 2 is 2.00 bits per heavy atom. The fraction of sp³-hybridized carbons (Fsp3) is 0.200.